The highest BCUT2D eigenvalue weighted by Gasteiger charge is 2.18. The Morgan fingerprint density at radius 3 is 1.47 bits per heavy atom. The molecule has 3 heterocycles. The Morgan fingerprint density at radius 2 is 0.780 bits per heavy atom. The second-order valence-corrected chi connectivity index (χ2v) is 15.7. The van der Waals surface area contributed by atoms with Crippen LogP contribution in [0.1, 0.15) is 0 Å². The SMILES string of the molecule is c1ccc(-n2c3ccccc3c3cc(-c4ccc5c(c4)c4ccccc4n5-c4cc(-c5ccc6oc7cc8ccccc8cc7c6c5)c5ccccc5c4)ccc32)cc1. The van der Waals surface area contributed by atoms with Crippen molar-refractivity contribution in [1.82, 2.24) is 9.13 Å². The first-order chi connectivity index (χ1) is 29.2. The zero-order chi connectivity index (χ0) is 38.6. The first kappa shape index (κ1) is 32.2. The van der Waals surface area contributed by atoms with Crippen LogP contribution in [0.2, 0.25) is 0 Å². The fraction of sp³-hybridized carbons (Fsp3) is 0. The van der Waals surface area contributed by atoms with Gasteiger partial charge >= 0.3 is 0 Å². The van der Waals surface area contributed by atoms with Gasteiger partial charge in [-0.1, -0.05) is 121 Å². The summed E-state index contributed by atoms with van der Waals surface area (Å²) in [4.78, 5) is 0. The Kier molecular flexibility index (Phi) is 6.72. The molecule has 0 spiro atoms. The van der Waals surface area contributed by atoms with Gasteiger partial charge in [0.1, 0.15) is 11.2 Å². The number of para-hydroxylation sites is 3. The molecule has 59 heavy (non-hydrogen) atoms. The van der Waals surface area contributed by atoms with Crippen LogP contribution < -0.4 is 0 Å². The molecule has 0 unspecified atom stereocenters. The zero-order valence-electron chi connectivity index (χ0n) is 31.9. The average Bonchev–Trinajstić information content (AvgIpc) is 3.94. The molecule has 3 aromatic heterocycles. The van der Waals surface area contributed by atoms with Gasteiger partial charge < -0.3 is 13.6 Å². The number of aromatic nitrogens is 2. The molecular weight excluding hydrogens is 717 g/mol. The van der Waals surface area contributed by atoms with Crippen LogP contribution in [0.5, 0.6) is 0 Å². The summed E-state index contributed by atoms with van der Waals surface area (Å²) in [6.07, 6.45) is 0. The van der Waals surface area contributed by atoms with Crippen molar-refractivity contribution >= 4 is 87.1 Å². The molecule has 3 nitrogen and oxygen atoms in total. The van der Waals surface area contributed by atoms with E-state index in [0.29, 0.717) is 0 Å². The lowest BCUT2D eigenvalue weighted by atomic mass is 9.95. The lowest BCUT2D eigenvalue weighted by Gasteiger charge is -2.14. The van der Waals surface area contributed by atoms with Crippen LogP contribution >= 0.6 is 0 Å². The highest BCUT2D eigenvalue weighted by atomic mass is 16.3. The van der Waals surface area contributed by atoms with Crippen LogP contribution in [0.25, 0.3) is 121 Å². The summed E-state index contributed by atoms with van der Waals surface area (Å²) in [6.45, 7) is 0. The van der Waals surface area contributed by atoms with Crippen molar-refractivity contribution in [2.45, 2.75) is 0 Å². The number of furan rings is 1. The van der Waals surface area contributed by atoms with E-state index in [0.717, 1.165) is 27.6 Å². The van der Waals surface area contributed by atoms with Crippen LogP contribution in [0, 0.1) is 0 Å². The van der Waals surface area contributed by atoms with Crippen molar-refractivity contribution in [2.24, 2.45) is 0 Å². The molecule has 0 N–H and O–H groups in total. The highest BCUT2D eigenvalue weighted by Crippen LogP contribution is 2.41. The van der Waals surface area contributed by atoms with Gasteiger partial charge in [0.15, 0.2) is 0 Å². The smallest absolute Gasteiger partial charge is 0.136 e. The topological polar surface area (TPSA) is 23.0 Å². The third kappa shape index (κ3) is 4.82. The monoisotopic (exact) mass is 750 g/mol. The van der Waals surface area contributed by atoms with E-state index < -0.39 is 0 Å². The Balaban J connectivity index is 0.989. The van der Waals surface area contributed by atoms with Gasteiger partial charge in [-0.15, -0.1) is 0 Å². The summed E-state index contributed by atoms with van der Waals surface area (Å²) >= 11 is 0. The van der Waals surface area contributed by atoms with Crippen molar-refractivity contribution in [3.05, 3.63) is 206 Å². The van der Waals surface area contributed by atoms with Gasteiger partial charge in [0.25, 0.3) is 0 Å². The lowest BCUT2D eigenvalue weighted by molar-refractivity contribution is 0.669. The van der Waals surface area contributed by atoms with E-state index in [4.69, 9.17) is 4.42 Å². The molecule has 10 aromatic carbocycles. The van der Waals surface area contributed by atoms with E-state index in [1.807, 2.05) is 0 Å². The highest BCUT2D eigenvalue weighted by molar-refractivity contribution is 6.14. The van der Waals surface area contributed by atoms with E-state index in [1.54, 1.807) is 0 Å². The Morgan fingerprint density at radius 1 is 0.271 bits per heavy atom. The zero-order valence-corrected chi connectivity index (χ0v) is 31.9. The van der Waals surface area contributed by atoms with Crippen molar-refractivity contribution in [3.8, 4) is 33.6 Å². The molecule has 0 bridgehead atoms. The fourth-order valence-corrected chi connectivity index (χ4v) is 9.73. The molecule has 0 atom stereocenters. The Hall–Kier alpha value is -7.88. The minimum Gasteiger partial charge on any atom is -0.456 e. The number of nitrogens with zero attached hydrogens (tertiary/aromatic N) is 2. The number of hydrogen-bond acceptors (Lipinski definition) is 1. The fourth-order valence-electron chi connectivity index (χ4n) is 9.73. The minimum atomic E-state index is 0.902. The second kappa shape index (κ2) is 12.3. The molecule has 0 radical (unpaired) electrons. The van der Waals surface area contributed by atoms with Gasteiger partial charge in [0.2, 0.25) is 0 Å². The van der Waals surface area contributed by atoms with Gasteiger partial charge in [0, 0.05) is 43.7 Å². The Labute approximate surface area is 339 Å². The molecule has 0 saturated heterocycles. The van der Waals surface area contributed by atoms with Crippen LogP contribution in [0.15, 0.2) is 211 Å². The summed E-state index contributed by atoms with van der Waals surface area (Å²) in [6, 6.07) is 75.2. The van der Waals surface area contributed by atoms with Crippen molar-refractivity contribution in [3.63, 3.8) is 0 Å². The third-order valence-electron chi connectivity index (χ3n) is 12.4. The molecule has 274 valence electrons. The van der Waals surface area contributed by atoms with Crippen LogP contribution in [-0.2, 0) is 0 Å². The van der Waals surface area contributed by atoms with Crippen molar-refractivity contribution in [2.75, 3.05) is 0 Å². The van der Waals surface area contributed by atoms with Crippen LogP contribution in [0.4, 0.5) is 0 Å². The number of rotatable bonds is 4. The molecule has 0 aliphatic rings. The Bertz CT molecular complexity index is 3840. The van der Waals surface area contributed by atoms with E-state index >= 15 is 0 Å². The van der Waals surface area contributed by atoms with Gasteiger partial charge in [-0.05, 0) is 129 Å². The van der Waals surface area contributed by atoms with Crippen molar-refractivity contribution < 1.29 is 4.42 Å². The second-order valence-electron chi connectivity index (χ2n) is 15.7. The van der Waals surface area contributed by atoms with Gasteiger partial charge in [0.05, 0.1) is 22.1 Å². The molecule has 0 fully saturated rings. The first-order valence-electron chi connectivity index (χ1n) is 20.2. The third-order valence-corrected chi connectivity index (χ3v) is 12.4. The molecule has 0 amide bonds. The van der Waals surface area contributed by atoms with E-state index in [1.165, 1.54) is 93.1 Å². The predicted octanol–water partition coefficient (Wildman–Crippen LogP) is 15.4. The number of hydrogen-bond donors (Lipinski definition) is 0. The number of fused-ring (bicyclic) bond motifs is 11. The molecule has 13 rings (SSSR count). The van der Waals surface area contributed by atoms with Gasteiger partial charge in [-0.25, -0.2) is 0 Å². The minimum absolute atomic E-state index is 0.902. The van der Waals surface area contributed by atoms with E-state index in [9.17, 15) is 0 Å². The molecule has 0 saturated carbocycles. The van der Waals surface area contributed by atoms with E-state index in [2.05, 4.69) is 215 Å². The summed E-state index contributed by atoms with van der Waals surface area (Å²) in [5, 5.41) is 12.1. The standard InChI is InChI=1S/C56H34N2O/c1-2-15-41(16-3-1)57-51-20-10-8-18-44(51)47-29-37(22-25-53(47)57)38-23-26-54-48(30-38)45-19-9-11-21-52(45)58(54)42-28-39-14-6-7-17-43(39)46(34-42)40-24-27-55-49(32-40)50-31-35-12-4-5-13-36(35)33-56(50)59-55/h1-34H. The van der Waals surface area contributed by atoms with E-state index in [-0.39, 0.29) is 0 Å². The van der Waals surface area contributed by atoms with Crippen LogP contribution in [0.3, 0.4) is 0 Å². The van der Waals surface area contributed by atoms with Gasteiger partial charge in [-0.2, -0.15) is 0 Å². The summed E-state index contributed by atoms with van der Waals surface area (Å²) < 4.78 is 11.2. The molecule has 3 heteroatoms. The van der Waals surface area contributed by atoms with Crippen molar-refractivity contribution in [1.29, 1.82) is 0 Å². The largest absolute Gasteiger partial charge is 0.456 e. The quantitative estimate of drug-likeness (QED) is 0.176. The normalized spacial score (nSPS) is 12.1. The maximum atomic E-state index is 6.41. The summed E-state index contributed by atoms with van der Waals surface area (Å²) in [5.74, 6) is 0. The summed E-state index contributed by atoms with van der Waals surface area (Å²) in [5.41, 5.74) is 13.7. The number of benzene rings is 10. The molecule has 0 aliphatic carbocycles. The molecular formula is C56H34N2O. The summed E-state index contributed by atoms with van der Waals surface area (Å²) in [7, 11) is 0. The predicted molar refractivity (Wildman–Crippen MR) is 248 cm³/mol. The average molecular weight is 751 g/mol. The van der Waals surface area contributed by atoms with Gasteiger partial charge in [-0.3, -0.25) is 0 Å². The first-order valence-corrected chi connectivity index (χ1v) is 20.2. The maximum Gasteiger partial charge on any atom is 0.136 e. The maximum absolute atomic E-state index is 6.41. The molecule has 0 aliphatic heterocycles. The molecule has 13 aromatic rings. The van der Waals surface area contributed by atoms with Crippen LogP contribution in [-0.4, -0.2) is 9.13 Å². The lowest BCUT2D eigenvalue weighted by Crippen LogP contribution is -1.95.